The molecule has 1 aliphatic rings. The van der Waals surface area contributed by atoms with Crippen LogP contribution in [0.15, 0.2) is 12.4 Å². The molecule has 15 heavy (non-hydrogen) atoms. The molecule has 1 saturated heterocycles. The Morgan fingerprint density at radius 3 is 3.07 bits per heavy atom. The number of hydrogen-bond donors (Lipinski definition) is 0. The van der Waals surface area contributed by atoms with Crippen LogP contribution in [0.3, 0.4) is 0 Å². The van der Waals surface area contributed by atoms with Crippen molar-refractivity contribution < 1.29 is 9.31 Å². The average molecular weight is 273 g/mol. The van der Waals surface area contributed by atoms with E-state index in [0.717, 1.165) is 17.3 Å². The Balaban J connectivity index is 2.04. The Kier molecular flexibility index (Phi) is 3.18. The number of halogens is 1. The van der Waals surface area contributed by atoms with Crippen molar-refractivity contribution in [3.8, 4) is 0 Å². The lowest BCUT2D eigenvalue weighted by Gasteiger charge is -2.14. The predicted molar refractivity (Wildman–Crippen MR) is 62.5 cm³/mol. The highest BCUT2D eigenvalue weighted by molar-refractivity contribution is 9.09. The van der Waals surface area contributed by atoms with Crippen LogP contribution < -0.4 is 5.46 Å². The van der Waals surface area contributed by atoms with E-state index in [1.54, 1.807) is 6.20 Å². The van der Waals surface area contributed by atoms with Crippen molar-refractivity contribution in [2.75, 3.05) is 11.9 Å². The third-order valence-corrected chi connectivity index (χ3v) is 2.60. The summed E-state index contributed by atoms with van der Waals surface area (Å²) in [6, 6.07) is 0. The van der Waals surface area contributed by atoms with Gasteiger partial charge in [0.15, 0.2) is 0 Å². The van der Waals surface area contributed by atoms with E-state index < -0.39 is 0 Å². The Morgan fingerprint density at radius 1 is 1.67 bits per heavy atom. The second kappa shape index (κ2) is 4.27. The molecule has 0 radical (unpaired) electrons. The maximum absolute atomic E-state index is 5.74. The number of alkyl halides is 1. The van der Waals surface area contributed by atoms with Gasteiger partial charge in [-0.25, -0.2) is 0 Å². The summed E-state index contributed by atoms with van der Waals surface area (Å²) < 4.78 is 13.2. The number of aromatic nitrogens is 2. The largest absolute Gasteiger partial charge is 0.497 e. The zero-order chi connectivity index (χ0) is 10.9. The smallest absolute Gasteiger partial charge is 0.404 e. The van der Waals surface area contributed by atoms with Gasteiger partial charge in [0, 0.05) is 23.2 Å². The van der Waals surface area contributed by atoms with Crippen molar-refractivity contribution in [2.24, 2.45) is 0 Å². The minimum Gasteiger partial charge on any atom is -0.404 e. The van der Waals surface area contributed by atoms with Crippen LogP contribution in [0.4, 0.5) is 0 Å². The Labute approximate surface area is 98.2 Å². The number of nitrogens with zero attached hydrogens (tertiary/aromatic N) is 2. The van der Waals surface area contributed by atoms with Crippen molar-refractivity contribution in [3.05, 3.63) is 12.4 Å². The highest BCUT2D eigenvalue weighted by Crippen LogP contribution is 2.19. The van der Waals surface area contributed by atoms with Crippen molar-refractivity contribution in [1.29, 1.82) is 0 Å². The molecule has 0 aliphatic carbocycles. The van der Waals surface area contributed by atoms with Gasteiger partial charge in [-0.2, -0.15) is 5.10 Å². The van der Waals surface area contributed by atoms with Crippen molar-refractivity contribution in [2.45, 2.75) is 26.0 Å². The van der Waals surface area contributed by atoms with Gasteiger partial charge < -0.3 is 9.31 Å². The molecule has 0 bridgehead atoms. The van der Waals surface area contributed by atoms with E-state index in [-0.39, 0.29) is 12.7 Å². The lowest BCUT2D eigenvalue weighted by molar-refractivity contribution is 0.137. The van der Waals surface area contributed by atoms with E-state index in [1.165, 1.54) is 0 Å². The van der Waals surface area contributed by atoms with Crippen LogP contribution in [0.5, 0.6) is 0 Å². The van der Waals surface area contributed by atoms with Crippen LogP contribution in [0.2, 0.25) is 0 Å². The van der Waals surface area contributed by atoms with E-state index >= 15 is 0 Å². The lowest BCUT2D eigenvalue weighted by Crippen LogP contribution is -2.33. The summed E-state index contributed by atoms with van der Waals surface area (Å²) >= 11 is 3.37. The Hall–Kier alpha value is -0.325. The van der Waals surface area contributed by atoms with E-state index in [2.05, 4.69) is 21.0 Å². The van der Waals surface area contributed by atoms with E-state index in [0.29, 0.717) is 6.61 Å². The third-order valence-electron chi connectivity index (χ3n) is 2.25. The van der Waals surface area contributed by atoms with Gasteiger partial charge in [-0.1, -0.05) is 15.9 Å². The molecule has 0 spiro atoms. The lowest BCUT2D eigenvalue weighted by atomic mass is 9.82. The summed E-state index contributed by atoms with van der Waals surface area (Å²) in [7, 11) is -0.260. The second-order valence-corrected chi connectivity index (χ2v) is 5.04. The van der Waals surface area contributed by atoms with Crippen molar-refractivity contribution in [3.63, 3.8) is 0 Å². The molecule has 1 aromatic heterocycles. The first-order chi connectivity index (χ1) is 7.11. The van der Waals surface area contributed by atoms with Gasteiger partial charge in [0.05, 0.1) is 18.8 Å². The number of hydrogen-bond acceptors (Lipinski definition) is 3. The molecule has 0 atom stereocenters. The molecule has 0 unspecified atom stereocenters. The van der Waals surface area contributed by atoms with Gasteiger partial charge in [0.25, 0.3) is 0 Å². The molecule has 82 valence electrons. The summed E-state index contributed by atoms with van der Waals surface area (Å²) in [5.74, 6) is 0. The quantitative estimate of drug-likeness (QED) is 0.603. The SMILES string of the molecule is CC1(C)COB(c2cnn(CCBr)c2)O1. The average Bonchev–Trinajstić information content (AvgIpc) is 2.73. The normalized spacial score (nSPS) is 19.8. The standard InChI is InChI=1S/C9H14BBrN2O2/c1-9(2)7-14-10(15-9)8-5-12-13(6-8)4-3-11/h5-6H,3-4,7H2,1-2H3. The fourth-order valence-corrected chi connectivity index (χ4v) is 1.87. The molecule has 0 aromatic carbocycles. The zero-order valence-corrected chi connectivity index (χ0v) is 10.5. The molecule has 1 fully saturated rings. The van der Waals surface area contributed by atoms with Gasteiger partial charge in [0.1, 0.15) is 0 Å². The van der Waals surface area contributed by atoms with Crippen LogP contribution in [0.25, 0.3) is 0 Å². The van der Waals surface area contributed by atoms with Gasteiger partial charge in [-0.05, 0) is 13.8 Å². The highest BCUT2D eigenvalue weighted by Gasteiger charge is 2.38. The molecular formula is C9H14BBrN2O2. The molecule has 6 heteroatoms. The minimum absolute atomic E-state index is 0.192. The van der Waals surface area contributed by atoms with Gasteiger partial charge >= 0.3 is 7.12 Å². The predicted octanol–water partition coefficient (Wildman–Crippen LogP) is 0.799. The van der Waals surface area contributed by atoms with Crippen molar-refractivity contribution >= 4 is 28.5 Å². The van der Waals surface area contributed by atoms with Crippen LogP contribution in [0, 0.1) is 0 Å². The molecule has 0 saturated carbocycles. The van der Waals surface area contributed by atoms with E-state index in [1.807, 2.05) is 24.7 Å². The molecule has 1 aliphatic heterocycles. The molecule has 2 heterocycles. The van der Waals surface area contributed by atoms with Crippen LogP contribution in [0.1, 0.15) is 13.8 Å². The van der Waals surface area contributed by atoms with Crippen molar-refractivity contribution in [1.82, 2.24) is 9.78 Å². The first-order valence-corrected chi connectivity index (χ1v) is 6.11. The Morgan fingerprint density at radius 2 is 2.47 bits per heavy atom. The first-order valence-electron chi connectivity index (χ1n) is 4.98. The zero-order valence-electron chi connectivity index (χ0n) is 8.94. The summed E-state index contributed by atoms with van der Waals surface area (Å²) in [6.07, 6.45) is 3.77. The monoisotopic (exact) mass is 272 g/mol. The summed E-state index contributed by atoms with van der Waals surface area (Å²) in [5, 5.41) is 5.12. The topological polar surface area (TPSA) is 36.3 Å². The molecule has 0 amide bonds. The third kappa shape index (κ3) is 2.62. The highest BCUT2D eigenvalue weighted by atomic mass is 79.9. The fourth-order valence-electron chi connectivity index (χ4n) is 1.51. The number of rotatable bonds is 3. The van der Waals surface area contributed by atoms with Gasteiger partial charge in [0.2, 0.25) is 0 Å². The van der Waals surface area contributed by atoms with Crippen LogP contribution in [-0.2, 0) is 15.9 Å². The molecule has 2 rings (SSSR count). The molecule has 0 N–H and O–H groups in total. The van der Waals surface area contributed by atoms with Crippen LogP contribution in [-0.4, -0.2) is 34.4 Å². The maximum atomic E-state index is 5.74. The Bertz CT molecular complexity index is 343. The van der Waals surface area contributed by atoms with E-state index in [9.17, 15) is 0 Å². The first kappa shape index (κ1) is 11.2. The van der Waals surface area contributed by atoms with E-state index in [4.69, 9.17) is 9.31 Å². The van der Waals surface area contributed by atoms with Gasteiger partial charge in [-0.15, -0.1) is 0 Å². The second-order valence-electron chi connectivity index (χ2n) is 4.25. The molecular weight excluding hydrogens is 259 g/mol. The van der Waals surface area contributed by atoms with Crippen LogP contribution >= 0.6 is 15.9 Å². The summed E-state index contributed by atoms with van der Waals surface area (Å²) in [5.41, 5.74) is 0.795. The molecule has 1 aromatic rings. The fraction of sp³-hybridized carbons (Fsp3) is 0.667. The summed E-state index contributed by atoms with van der Waals surface area (Å²) in [4.78, 5) is 0. The maximum Gasteiger partial charge on any atom is 0.497 e. The summed E-state index contributed by atoms with van der Waals surface area (Å²) in [6.45, 7) is 5.53. The van der Waals surface area contributed by atoms with Gasteiger partial charge in [-0.3, -0.25) is 4.68 Å². The minimum atomic E-state index is -0.260. The molecule has 4 nitrogen and oxygen atoms in total. The number of aryl methyl sites for hydroxylation is 1.